The highest BCUT2D eigenvalue weighted by Crippen LogP contribution is 2.31. The molecule has 8 nitrogen and oxygen atoms in total. The van der Waals surface area contributed by atoms with E-state index in [0.29, 0.717) is 0 Å². The average Bonchev–Trinajstić information content (AvgIpc) is 2.59. The first-order valence-corrected chi connectivity index (χ1v) is 4.24. The third-order valence-corrected chi connectivity index (χ3v) is 2.29. The van der Waals surface area contributed by atoms with Crippen molar-refractivity contribution in [2.24, 2.45) is 0 Å². The number of carbonyl (C=O) groups is 1. The van der Waals surface area contributed by atoms with Gasteiger partial charge in [0.15, 0.2) is 0 Å². The fourth-order valence-corrected chi connectivity index (χ4v) is 1.56. The van der Waals surface area contributed by atoms with Crippen LogP contribution in [0.5, 0.6) is 0 Å². The van der Waals surface area contributed by atoms with E-state index in [9.17, 15) is 25.0 Å². The Morgan fingerprint density at radius 3 is 2.44 bits per heavy atom. The van der Waals surface area contributed by atoms with E-state index in [2.05, 4.69) is 5.32 Å². The molecule has 8 heteroatoms. The third kappa shape index (κ3) is 1.36. The standard InChI is InChI=1S/C8H5N3O5/c12-8-5-1-4(10(13)14)2-7(11(15)16)6(5)3-9-8/h1-2H,3H2,(H,9,12). The van der Waals surface area contributed by atoms with Crippen LogP contribution in [-0.2, 0) is 6.54 Å². The number of benzene rings is 1. The van der Waals surface area contributed by atoms with Crippen molar-refractivity contribution in [2.75, 3.05) is 0 Å². The average molecular weight is 223 g/mol. The molecule has 0 aliphatic carbocycles. The molecule has 16 heavy (non-hydrogen) atoms. The summed E-state index contributed by atoms with van der Waals surface area (Å²) in [5, 5.41) is 23.6. The Labute approximate surface area is 88.2 Å². The Hall–Kier alpha value is -2.51. The molecule has 0 aromatic heterocycles. The molecular weight excluding hydrogens is 218 g/mol. The highest BCUT2D eigenvalue weighted by Gasteiger charge is 2.31. The van der Waals surface area contributed by atoms with Crippen LogP contribution < -0.4 is 5.32 Å². The van der Waals surface area contributed by atoms with Gasteiger partial charge in [-0.05, 0) is 0 Å². The molecule has 0 atom stereocenters. The largest absolute Gasteiger partial charge is 0.348 e. The molecule has 1 amide bonds. The fourth-order valence-electron chi connectivity index (χ4n) is 1.56. The van der Waals surface area contributed by atoms with Crippen LogP contribution in [0.15, 0.2) is 12.1 Å². The van der Waals surface area contributed by atoms with E-state index in [-0.39, 0.29) is 17.7 Å². The number of fused-ring (bicyclic) bond motifs is 1. The summed E-state index contributed by atoms with van der Waals surface area (Å²) in [4.78, 5) is 31.0. The summed E-state index contributed by atoms with van der Waals surface area (Å²) in [6.07, 6.45) is 0. The van der Waals surface area contributed by atoms with E-state index >= 15 is 0 Å². The number of carbonyl (C=O) groups excluding carboxylic acids is 1. The number of rotatable bonds is 2. The minimum atomic E-state index is -0.765. The first-order chi connectivity index (χ1) is 7.50. The van der Waals surface area contributed by atoms with Gasteiger partial charge >= 0.3 is 0 Å². The van der Waals surface area contributed by atoms with Crippen LogP contribution >= 0.6 is 0 Å². The van der Waals surface area contributed by atoms with Gasteiger partial charge < -0.3 is 5.32 Å². The van der Waals surface area contributed by atoms with Gasteiger partial charge in [0.25, 0.3) is 17.3 Å². The summed E-state index contributed by atoms with van der Waals surface area (Å²) < 4.78 is 0. The number of non-ortho nitro benzene ring substituents is 1. The molecule has 1 aliphatic rings. The van der Waals surface area contributed by atoms with Crippen molar-refractivity contribution >= 4 is 17.3 Å². The highest BCUT2D eigenvalue weighted by molar-refractivity contribution is 6.00. The summed E-state index contributed by atoms with van der Waals surface area (Å²) >= 11 is 0. The zero-order valence-corrected chi connectivity index (χ0v) is 7.80. The summed E-state index contributed by atoms with van der Waals surface area (Å²) in [5.74, 6) is -0.526. The Bertz CT molecular complexity index is 525. The predicted molar refractivity (Wildman–Crippen MR) is 50.9 cm³/mol. The van der Waals surface area contributed by atoms with Crippen LogP contribution in [0.25, 0.3) is 0 Å². The van der Waals surface area contributed by atoms with E-state index in [1.807, 2.05) is 0 Å². The van der Waals surface area contributed by atoms with Gasteiger partial charge in [0.05, 0.1) is 33.6 Å². The molecule has 0 saturated carbocycles. The first-order valence-electron chi connectivity index (χ1n) is 4.24. The quantitative estimate of drug-likeness (QED) is 0.586. The molecule has 1 aromatic carbocycles. The first kappa shape index (κ1) is 10.0. The number of nitro groups is 2. The van der Waals surface area contributed by atoms with Gasteiger partial charge in [-0.3, -0.25) is 25.0 Å². The third-order valence-electron chi connectivity index (χ3n) is 2.29. The second-order valence-electron chi connectivity index (χ2n) is 3.19. The van der Waals surface area contributed by atoms with Crippen molar-refractivity contribution in [3.8, 4) is 0 Å². The Morgan fingerprint density at radius 2 is 1.88 bits per heavy atom. The molecular formula is C8H5N3O5. The molecule has 0 unspecified atom stereocenters. The number of hydrogen-bond acceptors (Lipinski definition) is 5. The van der Waals surface area contributed by atoms with E-state index in [4.69, 9.17) is 0 Å². The van der Waals surface area contributed by atoms with Gasteiger partial charge in [0.2, 0.25) is 0 Å². The molecule has 1 aromatic rings. The van der Waals surface area contributed by atoms with Gasteiger partial charge in [-0.2, -0.15) is 0 Å². The van der Waals surface area contributed by atoms with Gasteiger partial charge in [0.1, 0.15) is 0 Å². The van der Waals surface area contributed by atoms with Crippen LogP contribution in [-0.4, -0.2) is 15.8 Å². The number of nitro benzene ring substituents is 2. The number of amides is 1. The van der Waals surface area contributed by atoms with Crippen LogP contribution in [0, 0.1) is 20.2 Å². The van der Waals surface area contributed by atoms with E-state index in [1.165, 1.54) is 0 Å². The number of nitrogens with one attached hydrogen (secondary N) is 1. The molecule has 1 N–H and O–H groups in total. The van der Waals surface area contributed by atoms with Crippen molar-refractivity contribution in [3.05, 3.63) is 43.5 Å². The second-order valence-corrected chi connectivity index (χ2v) is 3.19. The molecule has 2 rings (SSSR count). The van der Waals surface area contributed by atoms with Crippen LogP contribution in [0.2, 0.25) is 0 Å². The fraction of sp³-hybridized carbons (Fsp3) is 0.125. The summed E-state index contributed by atoms with van der Waals surface area (Å²) in [5.41, 5.74) is -0.661. The van der Waals surface area contributed by atoms with Crippen LogP contribution in [0.3, 0.4) is 0 Å². The van der Waals surface area contributed by atoms with Gasteiger partial charge in [-0.15, -0.1) is 0 Å². The Kier molecular flexibility index (Phi) is 2.04. The lowest BCUT2D eigenvalue weighted by Gasteiger charge is -1.98. The Morgan fingerprint density at radius 1 is 1.19 bits per heavy atom. The number of hydrogen-bond donors (Lipinski definition) is 1. The summed E-state index contributed by atoms with van der Waals surface area (Å²) in [6.45, 7) is 0.0302. The lowest BCUT2D eigenvalue weighted by Crippen LogP contribution is -2.12. The molecule has 0 spiro atoms. The van der Waals surface area contributed by atoms with E-state index < -0.39 is 27.1 Å². The maximum Gasteiger partial charge on any atom is 0.282 e. The SMILES string of the molecule is O=C1NCc2c1cc([N+](=O)[O-])cc2[N+](=O)[O-]. The molecule has 1 heterocycles. The van der Waals surface area contributed by atoms with Gasteiger partial charge in [-0.25, -0.2) is 0 Å². The molecule has 1 aliphatic heterocycles. The molecule has 0 radical (unpaired) electrons. The summed E-state index contributed by atoms with van der Waals surface area (Å²) in [6, 6.07) is 1.91. The molecule has 0 saturated heterocycles. The lowest BCUT2D eigenvalue weighted by molar-refractivity contribution is -0.394. The minimum absolute atomic E-state index is 0.000833. The second kappa shape index (κ2) is 3.26. The van der Waals surface area contributed by atoms with Crippen LogP contribution in [0.4, 0.5) is 11.4 Å². The summed E-state index contributed by atoms with van der Waals surface area (Å²) in [7, 11) is 0. The van der Waals surface area contributed by atoms with Gasteiger partial charge in [-0.1, -0.05) is 0 Å². The maximum atomic E-state index is 11.3. The predicted octanol–water partition coefficient (Wildman–Crippen LogP) is 0.746. The normalized spacial score (nSPS) is 13.1. The minimum Gasteiger partial charge on any atom is -0.348 e. The van der Waals surface area contributed by atoms with Crippen molar-refractivity contribution in [1.29, 1.82) is 0 Å². The van der Waals surface area contributed by atoms with E-state index in [0.717, 1.165) is 12.1 Å². The molecule has 0 fully saturated rings. The topological polar surface area (TPSA) is 115 Å². The zero-order valence-electron chi connectivity index (χ0n) is 7.80. The molecule has 82 valence electrons. The maximum absolute atomic E-state index is 11.3. The monoisotopic (exact) mass is 223 g/mol. The Balaban J connectivity index is 2.70. The van der Waals surface area contributed by atoms with Gasteiger partial charge in [0, 0.05) is 6.07 Å². The highest BCUT2D eigenvalue weighted by atomic mass is 16.6. The van der Waals surface area contributed by atoms with Crippen molar-refractivity contribution in [3.63, 3.8) is 0 Å². The van der Waals surface area contributed by atoms with Crippen molar-refractivity contribution < 1.29 is 14.6 Å². The molecule has 0 bridgehead atoms. The number of nitrogens with zero attached hydrogens (tertiary/aromatic N) is 2. The van der Waals surface area contributed by atoms with Crippen molar-refractivity contribution in [1.82, 2.24) is 5.32 Å². The zero-order chi connectivity index (χ0) is 11.9. The lowest BCUT2D eigenvalue weighted by atomic mass is 10.1. The smallest absolute Gasteiger partial charge is 0.282 e. The van der Waals surface area contributed by atoms with Crippen LogP contribution in [0.1, 0.15) is 15.9 Å². The van der Waals surface area contributed by atoms with Crippen molar-refractivity contribution in [2.45, 2.75) is 6.54 Å². The van der Waals surface area contributed by atoms with E-state index in [1.54, 1.807) is 0 Å².